The molecule has 2 heterocycles. The van der Waals surface area contributed by atoms with Crippen LogP contribution in [-0.4, -0.2) is 29.8 Å². The molecule has 0 fully saturated rings. The van der Waals surface area contributed by atoms with E-state index in [9.17, 15) is 4.39 Å². The monoisotopic (exact) mass is 259 g/mol. The fraction of sp³-hybridized carbons (Fsp3) is 0.333. The van der Waals surface area contributed by atoms with E-state index in [1.807, 2.05) is 6.92 Å². The van der Waals surface area contributed by atoms with Crippen molar-refractivity contribution in [1.82, 2.24) is 0 Å². The van der Waals surface area contributed by atoms with Gasteiger partial charge in [0.05, 0.1) is 7.11 Å². The molecule has 5 heteroatoms. The van der Waals surface area contributed by atoms with Gasteiger partial charge in [0.25, 0.3) is 0 Å². The molecule has 2 aliphatic rings. The molecule has 2 aliphatic heterocycles. The lowest BCUT2D eigenvalue weighted by Gasteiger charge is -2.13. The molecule has 74 valence electrons. The Morgan fingerprint density at radius 1 is 1.64 bits per heavy atom. The van der Waals surface area contributed by atoms with Gasteiger partial charge in [0.15, 0.2) is 18.2 Å². The van der Waals surface area contributed by atoms with E-state index in [1.54, 1.807) is 17.0 Å². The van der Waals surface area contributed by atoms with E-state index >= 15 is 0 Å². The number of hydrogen-bond acceptors (Lipinski definition) is 2. The summed E-state index contributed by atoms with van der Waals surface area (Å²) in [4.78, 5) is 4.13. The average molecular weight is 260 g/mol. The number of ether oxygens (including phenoxy) is 1. The minimum absolute atomic E-state index is 0.220. The number of hydrogen-bond donors (Lipinski definition) is 0. The SMILES string of the molecule is COC1=C(F)C2N=C(C)C=[N+]2C=C1Br. The van der Waals surface area contributed by atoms with Crippen LogP contribution in [0.25, 0.3) is 0 Å². The summed E-state index contributed by atoms with van der Waals surface area (Å²) >= 11 is 3.24. The molecule has 0 saturated heterocycles. The van der Waals surface area contributed by atoms with Gasteiger partial charge in [-0.1, -0.05) is 0 Å². The zero-order valence-corrected chi connectivity index (χ0v) is 9.38. The third-order valence-electron chi connectivity index (χ3n) is 2.07. The Morgan fingerprint density at radius 2 is 2.36 bits per heavy atom. The van der Waals surface area contributed by atoms with Crippen molar-refractivity contribution < 1.29 is 13.7 Å². The molecule has 0 aromatic carbocycles. The maximum absolute atomic E-state index is 13.7. The summed E-state index contributed by atoms with van der Waals surface area (Å²) in [6, 6.07) is 0. The summed E-state index contributed by atoms with van der Waals surface area (Å²) in [5.41, 5.74) is 0.805. The standard InChI is InChI=1S/C9H9BrFN2O/c1-5-3-13-4-6(10)8(14-2)7(11)9(13)12-5/h3-4,9H,1-2H3/q+1. The maximum atomic E-state index is 13.7. The summed E-state index contributed by atoms with van der Waals surface area (Å²) in [5.74, 6) is -0.145. The van der Waals surface area contributed by atoms with Gasteiger partial charge in [-0.3, -0.25) is 0 Å². The van der Waals surface area contributed by atoms with Gasteiger partial charge >= 0.3 is 6.17 Å². The summed E-state index contributed by atoms with van der Waals surface area (Å²) in [7, 11) is 1.44. The van der Waals surface area contributed by atoms with Crippen LogP contribution in [0, 0.1) is 0 Å². The Kier molecular flexibility index (Phi) is 2.26. The molecule has 1 unspecified atom stereocenters. The van der Waals surface area contributed by atoms with Crippen LogP contribution in [0.15, 0.2) is 27.3 Å². The number of rotatable bonds is 1. The third kappa shape index (κ3) is 1.32. The van der Waals surface area contributed by atoms with Gasteiger partial charge < -0.3 is 4.74 Å². The predicted molar refractivity (Wildman–Crippen MR) is 55.4 cm³/mol. The molecular weight excluding hydrogens is 251 g/mol. The van der Waals surface area contributed by atoms with Crippen molar-refractivity contribution in [2.45, 2.75) is 13.1 Å². The van der Waals surface area contributed by atoms with E-state index in [0.29, 0.717) is 4.48 Å². The van der Waals surface area contributed by atoms with Crippen molar-refractivity contribution >= 4 is 27.9 Å². The Morgan fingerprint density at radius 3 is 3.00 bits per heavy atom. The molecule has 0 amide bonds. The van der Waals surface area contributed by atoms with Crippen LogP contribution in [-0.2, 0) is 4.74 Å². The van der Waals surface area contributed by atoms with Crippen LogP contribution in [0.3, 0.4) is 0 Å². The molecule has 0 radical (unpaired) electrons. The van der Waals surface area contributed by atoms with Crippen LogP contribution in [0.4, 0.5) is 4.39 Å². The number of aliphatic imine (C=N–C) groups is 1. The average Bonchev–Trinajstić information content (AvgIpc) is 2.47. The lowest BCUT2D eigenvalue weighted by molar-refractivity contribution is -0.483. The van der Waals surface area contributed by atoms with Crippen molar-refractivity contribution in [2.75, 3.05) is 7.11 Å². The van der Waals surface area contributed by atoms with Crippen LogP contribution < -0.4 is 0 Å². The lowest BCUT2D eigenvalue weighted by Crippen LogP contribution is -2.23. The Bertz CT molecular complexity index is 409. The summed E-state index contributed by atoms with van der Waals surface area (Å²) in [6.07, 6.45) is 2.97. The minimum atomic E-state index is -0.578. The van der Waals surface area contributed by atoms with Gasteiger partial charge in [-0.25, -0.2) is 4.99 Å². The first-order valence-electron chi connectivity index (χ1n) is 4.11. The highest BCUT2D eigenvalue weighted by molar-refractivity contribution is 9.11. The second-order valence-electron chi connectivity index (χ2n) is 3.08. The molecular formula is C9H9BrFN2O+. The third-order valence-corrected chi connectivity index (χ3v) is 2.64. The van der Waals surface area contributed by atoms with Gasteiger partial charge in [-0.15, -0.1) is 0 Å². The van der Waals surface area contributed by atoms with E-state index < -0.39 is 6.17 Å². The second kappa shape index (κ2) is 3.31. The van der Waals surface area contributed by atoms with Gasteiger partial charge in [-0.2, -0.15) is 8.97 Å². The van der Waals surface area contributed by atoms with Crippen molar-refractivity contribution in [3.8, 4) is 0 Å². The zero-order chi connectivity index (χ0) is 10.3. The highest BCUT2D eigenvalue weighted by atomic mass is 79.9. The molecule has 0 aliphatic carbocycles. The number of allylic oxidation sites excluding steroid dienone is 1. The van der Waals surface area contributed by atoms with Gasteiger partial charge in [-0.05, 0) is 22.9 Å². The van der Waals surface area contributed by atoms with E-state index in [2.05, 4.69) is 20.9 Å². The van der Waals surface area contributed by atoms with Crippen molar-refractivity contribution in [3.63, 3.8) is 0 Å². The van der Waals surface area contributed by atoms with Gasteiger partial charge in [0.2, 0.25) is 5.83 Å². The minimum Gasteiger partial charge on any atom is -0.492 e. The first-order chi connectivity index (χ1) is 6.63. The van der Waals surface area contributed by atoms with Crippen molar-refractivity contribution in [3.05, 3.63) is 22.3 Å². The van der Waals surface area contributed by atoms with Crippen LogP contribution in [0.1, 0.15) is 6.92 Å². The first kappa shape index (κ1) is 9.58. The first-order valence-corrected chi connectivity index (χ1v) is 4.91. The zero-order valence-electron chi connectivity index (χ0n) is 7.79. The maximum Gasteiger partial charge on any atom is 0.307 e. The second-order valence-corrected chi connectivity index (χ2v) is 3.93. The normalized spacial score (nSPS) is 25.4. The number of fused-ring (bicyclic) bond motifs is 1. The molecule has 1 atom stereocenters. The Hall–Kier alpha value is -0.970. The lowest BCUT2D eigenvalue weighted by atomic mass is 10.3. The summed E-state index contributed by atoms with van der Waals surface area (Å²) in [6.45, 7) is 1.83. The highest BCUT2D eigenvalue weighted by Crippen LogP contribution is 2.31. The van der Waals surface area contributed by atoms with Crippen LogP contribution >= 0.6 is 15.9 Å². The van der Waals surface area contributed by atoms with Crippen molar-refractivity contribution in [2.24, 2.45) is 4.99 Å². The predicted octanol–water partition coefficient (Wildman–Crippen LogP) is 1.95. The van der Waals surface area contributed by atoms with E-state index in [4.69, 9.17) is 4.74 Å². The number of halogens is 2. The van der Waals surface area contributed by atoms with E-state index in [-0.39, 0.29) is 11.6 Å². The Labute approximate surface area is 89.4 Å². The molecule has 2 rings (SSSR count). The molecule has 14 heavy (non-hydrogen) atoms. The Balaban J connectivity index is 2.50. The fourth-order valence-electron chi connectivity index (χ4n) is 1.49. The molecule has 0 saturated carbocycles. The molecule has 0 spiro atoms. The van der Waals surface area contributed by atoms with E-state index in [1.165, 1.54) is 7.11 Å². The van der Waals surface area contributed by atoms with Crippen molar-refractivity contribution in [1.29, 1.82) is 0 Å². The van der Waals surface area contributed by atoms with Gasteiger partial charge in [0, 0.05) is 0 Å². The topological polar surface area (TPSA) is 24.6 Å². The molecule has 0 aromatic rings. The summed E-state index contributed by atoms with van der Waals surface area (Å²) in [5, 5.41) is 0. The molecule has 3 nitrogen and oxygen atoms in total. The van der Waals surface area contributed by atoms with E-state index in [0.717, 1.165) is 5.71 Å². The fourth-order valence-corrected chi connectivity index (χ4v) is 2.08. The van der Waals surface area contributed by atoms with Crippen LogP contribution in [0.2, 0.25) is 0 Å². The van der Waals surface area contributed by atoms with Crippen LogP contribution in [0.5, 0.6) is 0 Å². The molecule has 0 N–H and O–H groups in total. The smallest absolute Gasteiger partial charge is 0.307 e. The summed E-state index contributed by atoms with van der Waals surface area (Å²) < 4.78 is 21.0. The number of methoxy groups -OCH3 is 1. The molecule has 0 bridgehead atoms. The quantitative estimate of drug-likeness (QED) is 0.661. The number of nitrogens with zero attached hydrogens (tertiary/aromatic N) is 2. The van der Waals surface area contributed by atoms with Gasteiger partial charge in [0.1, 0.15) is 10.2 Å². The largest absolute Gasteiger partial charge is 0.492 e. The highest BCUT2D eigenvalue weighted by Gasteiger charge is 2.37. The molecule has 0 aromatic heterocycles.